The van der Waals surface area contributed by atoms with E-state index in [9.17, 15) is 4.79 Å². The molecule has 0 aromatic carbocycles. The molecule has 0 spiro atoms. The molecule has 0 N–H and O–H groups in total. The monoisotopic (exact) mass is 168 g/mol. The predicted octanol–water partition coefficient (Wildman–Crippen LogP) is 1.40. The van der Waals surface area contributed by atoms with E-state index in [1.54, 1.807) is 7.05 Å². The molecule has 0 fully saturated rings. The van der Waals surface area contributed by atoms with Crippen LogP contribution >= 0.6 is 0 Å². The van der Waals surface area contributed by atoms with E-state index in [0.717, 1.165) is 6.42 Å². The zero-order chi connectivity index (χ0) is 9.78. The van der Waals surface area contributed by atoms with Crippen molar-refractivity contribution < 1.29 is 4.79 Å². The Labute approximate surface area is 74.0 Å². The molecule has 0 aromatic heterocycles. The van der Waals surface area contributed by atoms with Crippen molar-refractivity contribution in [2.24, 2.45) is 5.41 Å². The van der Waals surface area contributed by atoms with Crippen molar-refractivity contribution >= 4 is 5.91 Å². The van der Waals surface area contributed by atoms with Gasteiger partial charge in [-0.2, -0.15) is 5.26 Å². The summed E-state index contributed by atoms with van der Waals surface area (Å²) in [4.78, 5) is 13.0. The number of amides is 1. The lowest BCUT2D eigenvalue weighted by atomic mass is 9.89. The van der Waals surface area contributed by atoms with E-state index in [4.69, 9.17) is 5.26 Å². The molecule has 0 aliphatic rings. The van der Waals surface area contributed by atoms with Gasteiger partial charge in [-0.15, -0.1) is 0 Å². The number of carbonyl (C=O) groups excluding carboxylic acids is 1. The number of nitriles is 1. The second kappa shape index (κ2) is 4.10. The largest absolute Gasteiger partial charge is 0.332 e. The molecule has 0 rings (SSSR count). The molecule has 68 valence electrons. The van der Waals surface area contributed by atoms with Crippen molar-refractivity contribution in [3.63, 3.8) is 0 Å². The second-order valence-electron chi connectivity index (χ2n) is 3.56. The first-order valence-electron chi connectivity index (χ1n) is 4.08. The minimum atomic E-state index is -0.342. The molecule has 0 heterocycles. The van der Waals surface area contributed by atoms with Gasteiger partial charge in [0, 0.05) is 12.5 Å². The molecule has 0 aromatic rings. The van der Waals surface area contributed by atoms with Crippen LogP contribution < -0.4 is 0 Å². The molecular formula is C9H16N2O. The summed E-state index contributed by atoms with van der Waals surface area (Å²) < 4.78 is 0. The number of hydrogen-bond donors (Lipinski definition) is 0. The predicted molar refractivity (Wildman–Crippen MR) is 47.3 cm³/mol. The first-order chi connectivity index (χ1) is 5.45. The summed E-state index contributed by atoms with van der Waals surface area (Å²) in [6.45, 7) is 5.92. The van der Waals surface area contributed by atoms with Gasteiger partial charge >= 0.3 is 0 Å². The Kier molecular flexibility index (Phi) is 3.75. The van der Waals surface area contributed by atoms with Crippen LogP contribution in [-0.4, -0.2) is 24.4 Å². The molecule has 3 nitrogen and oxygen atoms in total. The first-order valence-corrected chi connectivity index (χ1v) is 4.08. The maximum Gasteiger partial charge on any atom is 0.228 e. The number of carbonyl (C=O) groups is 1. The Morgan fingerprint density at radius 3 is 2.42 bits per heavy atom. The minimum absolute atomic E-state index is 0.0338. The lowest BCUT2D eigenvalue weighted by Crippen LogP contribution is -2.38. The average molecular weight is 168 g/mol. The molecule has 0 aliphatic heterocycles. The maximum absolute atomic E-state index is 11.6. The van der Waals surface area contributed by atoms with Gasteiger partial charge in [0.25, 0.3) is 0 Å². The van der Waals surface area contributed by atoms with E-state index in [2.05, 4.69) is 0 Å². The summed E-state index contributed by atoms with van der Waals surface area (Å²) in [7, 11) is 1.66. The molecule has 0 saturated carbocycles. The molecular weight excluding hydrogens is 152 g/mol. The van der Waals surface area contributed by atoms with E-state index in [0.29, 0.717) is 0 Å². The highest BCUT2D eigenvalue weighted by atomic mass is 16.2. The maximum atomic E-state index is 11.6. The molecule has 0 aliphatic carbocycles. The first kappa shape index (κ1) is 11.0. The van der Waals surface area contributed by atoms with Gasteiger partial charge in [0.05, 0.1) is 6.07 Å². The standard InChI is InChI=1S/C9H16N2O/c1-5-9(2,3)8(12)11(4)7-6-10/h5,7H2,1-4H3. The third kappa shape index (κ3) is 2.54. The summed E-state index contributed by atoms with van der Waals surface area (Å²) in [5.74, 6) is 0.0338. The molecule has 0 saturated heterocycles. The number of rotatable bonds is 3. The van der Waals surface area contributed by atoms with Crippen LogP contribution in [0.2, 0.25) is 0 Å². The van der Waals surface area contributed by atoms with Crippen LogP contribution in [0.4, 0.5) is 0 Å². The Morgan fingerprint density at radius 2 is 2.08 bits per heavy atom. The smallest absolute Gasteiger partial charge is 0.228 e. The quantitative estimate of drug-likeness (QED) is 0.598. The van der Waals surface area contributed by atoms with Gasteiger partial charge in [-0.3, -0.25) is 4.79 Å². The number of nitrogens with zero attached hydrogens (tertiary/aromatic N) is 2. The normalized spacial score (nSPS) is 10.6. The molecule has 0 atom stereocenters. The van der Waals surface area contributed by atoms with Gasteiger partial charge < -0.3 is 4.90 Å². The van der Waals surface area contributed by atoms with Crippen LogP contribution in [0.3, 0.4) is 0 Å². The van der Waals surface area contributed by atoms with Crippen molar-refractivity contribution in [3.05, 3.63) is 0 Å². The van der Waals surface area contributed by atoms with Crippen LogP contribution in [0.15, 0.2) is 0 Å². The molecule has 0 radical (unpaired) electrons. The summed E-state index contributed by atoms with van der Waals surface area (Å²) >= 11 is 0. The van der Waals surface area contributed by atoms with Crippen LogP contribution in [0.5, 0.6) is 0 Å². The van der Waals surface area contributed by atoms with E-state index in [-0.39, 0.29) is 17.9 Å². The van der Waals surface area contributed by atoms with Crippen LogP contribution in [0, 0.1) is 16.7 Å². The van der Waals surface area contributed by atoms with E-state index < -0.39 is 0 Å². The van der Waals surface area contributed by atoms with Gasteiger partial charge in [0.15, 0.2) is 0 Å². The Hall–Kier alpha value is -1.04. The van der Waals surface area contributed by atoms with E-state index >= 15 is 0 Å². The zero-order valence-electron chi connectivity index (χ0n) is 8.22. The molecule has 1 amide bonds. The van der Waals surface area contributed by atoms with Gasteiger partial charge in [-0.1, -0.05) is 20.8 Å². The fraction of sp³-hybridized carbons (Fsp3) is 0.778. The van der Waals surface area contributed by atoms with Crippen molar-refractivity contribution in [1.29, 1.82) is 5.26 Å². The van der Waals surface area contributed by atoms with Gasteiger partial charge in [0.2, 0.25) is 5.91 Å². The Morgan fingerprint density at radius 1 is 1.58 bits per heavy atom. The van der Waals surface area contributed by atoms with Gasteiger partial charge in [-0.05, 0) is 6.42 Å². The summed E-state index contributed by atoms with van der Waals surface area (Å²) in [6.07, 6.45) is 0.793. The Balaban J connectivity index is 4.30. The van der Waals surface area contributed by atoms with Crippen molar-refractivity contribution in [1.82, 2.24) is 4.90 Å². The van der Waals surface area contributed by atoms with Crippen molar-refractivity contribution in [2.75, 3.05) is 13.6 Å². The fourth-order valence-corrected chi connectivity index (χ4v) is 0.846. The van der Waals surface area contributed by atoms with Crippen LogP contribution in [0.1, 0.15) is 27.2 Å². The third-order valence-electron chi connectivity index (χ3n) is 2.12. The topological polar surface area (TPSA) is 44.1 Å². The fourth-order valence-electron chi connectivity index (χ4n) is 0.846. The Bertz CT molecular complexity index is 203. The highest BCUT2D eigenvalue weighted by Crippen LogP contribution is 2.21. The summed E-state index contributed by atoms with van der Waals surface area (Å²) in [5.41, 5.74) is -0.342. The van der Waals surface area contributed by atoms with E-state index in [1.807, 2.05) is 26.8 Å². The van der Waals surface area contributed by atoms with Gasteiger partial charge in [-0.25, -0.2) is 0 Å². The van der Waals surface area contributed by atoms with Crippen LogP contribution in [-0.2, 0) is 4.79 Å². The van der Waals surface area contributed by atoms with Crippen molar-refractivity contribution in [2.45, 2.75) is 27.2 Å². The van der Waals surface area contributed by atoms with Crippen LogP contribution in [0.25, 0.3) is 0 Å². The molecule has 0 bridgehead atoms. The van der Waals surface area contributed by atoms with Crippen molar-refractivity contribution in [3.8, 4) is 6.07 Å². The minimum Gasteiger partial charge on any atom is -0.332 e. The number of hydrogen-bond acceptors (Lipinski definition) is 2. The third-order valence-corrected chi connectivity index (χ3v) is 2.12. The molecule has 12 heavy (non-hydrogen) atoms. The highest BCUT2D eigenvalue weighted by molar-refractivity contribution is 5.81. The lowest BCUT2D eigenvalue weighted by Gasteiger charge is -2.26. The molecule has 3 heteroatoms. The zero-order valence-corrected chi connectivity index (χ0v) is 8.22. The van der Waals surface area contributed by atoms with Gasteiger partial charge in [0.1, 0.15) is 6.54 Å². The SMILES string of the molecule is CCC(C)(C)C(=O)N(C)CC#N. The molecule has 0 unspecified atom stereocenters. The second-order valence-corrected chi connectivity index (χ2v) is 3.56. The highest BCUT2D eigenvalue weighted by Gasteiger charge is 2.27. The average Bonchev–Trinajstić information content (AvgIpc) is 2.03. The summed E-state index contributed by atoms with van der Waals surface area (Å²) in [6, 6.07) is 1.95. The summed E-state index contributed by atoms with van der Waals surface area (Å²) in [5, 5.41) is 8.38. The van der Waals surface area contributed by atoms with E-state index in [1.165, 1.54) is 4.90 Å². The lowest BCUT2D eigenvalue weighted by molar-refractivity contribution is -0.138.